The highest BCUT2D eigenvalue weighted by Crippen LogP contribution is 2.18. The summed E-state index contributed by atoms with van der Waals surface area (Å²) < 4.78 is 24.4. The van der Waals surface area contributed by atoms with E-state index in [0.717, 1.165) is 25.7 Å². The SMILES string of the molecule is O=S(=O)(CCl)NC1CCCC1. The number of rotatable bonds is 3. The molecule has 5 heteroatoms. The van der Waals surface area contributed by atoms with Gasteiger partial charge in [0.15, 0.2) is 0 Å². The average Bonchev–Trinajstić information content (AvgIpc) is 2.39. The van der Waals surface area contributed by atoms with Crippen molar-refractivity contribution in [3.8, 4) is 0 Å². The highest BCUT2D eigenvalue weighted by molar-refractivity contribution is 7.90. The second-order valence-corrected chi connectivity index (χ2v) is 5.16. The fourth-order valence-corrected chi connectivity index (χ4v) is 2.32. The van der Waals surface area contributed by atoms with Gasteiger partial charge >= 0.3 is 0 Å². The summed E-state index contributed by atoms with van der Waals surface area (Å²) in [6.45, 7) is 0. The van der Waals surface area contributed by atoms with Gasteiger partial charge in [-0.1, -0.05) is 12.8 Å². The Kier molecular flexibility index (Phi) is 3.16. The van der Waals surface area contributed by atoms with E-state index in [-0.39, 0.29) is 11.3 Å². The topological polar surface area (TPSA) is 46.2 Å². The van der Waals surface area contributed by atoms with Gasteiger partial charge in [-0.3, -0.25) is 0 Å². The zero-order valence-electron chi connectivity index (χ0n) is 6.22. The average molecular weight is 198 g/mol. The number of hydrogen-bond donors (Lipinski definition) is 1. The normalized spacial score (nSPS) is 20.8. The maximum atomic E-state index is 10.9. The molecule has 1 N–H and O–H groups in total. The van der Waals surface area contributed by atoms with E-state index >= 15 is 0 Å². The van der Waals surface area contributed by atoms with Crippen LogP contribution in [0.4, 0.5) is 0 Å². The summed E-state index contributed by atoms with van der Waals surface area (Å²) in [5.41, 5.74) is 0. The van der Waals surface area contributed by atoms with Gasteiger partial charge in [-0.15, -0.1) is 11.6 Å². The first-order valence-corrected chi connectivity index (χ1v) is 5.89. The molecule has 11 heavy (non-hydrogen) atoms. The molecule has 1 rings (SSSR count). The standard InChI is InChI=1S/C6H12ClNO2S/c7-5-11(9,10)8-6-3-1-2-4-6/h6,8H,1-5H2. The van der Waals surface area contributed by atoms with Crippen LogP contribution in [-0.2, 0) is 10.0 Å². The minimum absolute atomic E-state index is 0.138. The van der Waals surface area contributed by atoms with Crippen LogP contribution in [0.5, 0.6) is 0 Å². The first kappa shape index (κ1) is 9.29. The van der Waals surface area contributed by atoms with E-state index in [2.05, 4.69) is 4.72 Å². The van der Waals surface area contributed by atoms with Crippen LogP contribution in [0.2, 0.25) is 0 Å². The third-order valence-electron chi connectivity index (χ3n) is 1.85. The molecule has 3 nitrogen and oxygen atoms in total. The number of hydrogen-bond acceptors (Lipinski definition) is 2. The predicted octanol–water partition coefficient (Wildman–Crippen LogP) is 1.04. The fourth-order valence-electron chi connectivity index (χ4n) is 1.33. The van der Waals surface area contributed by atoms with E-state index in [4.69, 9.17) is 11.6 Å². The van der Waals surface area contributed by atoms with E-state index in [1.165, 1.54) is 0 Å². The van der Waals surface area contributed by atoms with E-state index < -0.39 is 10.0 Å². The summed E-state index contributed by atoms with van der Waals surface area (Å²) in [5.74, 6) is 0. The smallest absolute Gasteiger partial charge is 0.211 e. The van der Waals surface area contributed by atoms with Crippen LogP contribution < -0.4 is 4.72 Å². The van der Waals surface area contributed by atoms with Crippen molar-refractivity contribution in [3.63, 3.8) is 0 Å². The lowest BCUT2D eigenvalue weighted by Crippen LogP contribution is -2.33. The zero-order chi connectivity index (χ0) is 8.32. The van der Waals surface area contributed by atoms with Crippen molar-refractivity contribution >= 4 is 21.6 Å². The molecule has 0 aromatic heterocycles. The Morgan fingerprint density at radius 2 is 1.91 bits per heavy atom. The molecule has 0 amide bonds. The van der Waals surface area contributed by atoms with Crippen molar-refractivity contribution in [3.05, 3.63) is 0 Å². The van der Waals surface area contributed by atoms with Crippen molar-refractivity contribution in [2.45, 2.75) is 31.7 Å². The molecule has 0 radical (unpaired) electrons. The molecular weight excluding hydrogens is 186 g/mol. The van der Waals surface area contributed by atoms with Crippen molar-refractivity contribution in [1.82, 2.24) is 4.72 Å². The Morgan fingerprint density at radius 1 is 1.36 bits per heavy atom. The molecule has 1 fully saturated rings. The molecule has 0 heterocycles. The molecule has 0 aromatic rings. The van der Waals surface area contributed by atoms with E-state index in [0.29, 0.717) is 0 Å². The third kappa shape index (κ3) is 2.97. The van der Waals surface area contributed by atoms with Crippen LogP contribution >= 0.6 is 11.6 Å². The van der Waals surface area contributed by atoms with Gasteiger partial charge in [-0.2, -0.15) is 0 Å². The molecular formula is C6H12ClNO2S. The lowest BCUT2D eigenvalue weighted by molar-refractivity contribution is 0.556. The lowest BCUT2D eigenvalue weighted by Gasteiger charge is -2.09. The van der Waals surface area contributed by atoms with Gasteiger partial charge in [0.05, 0.1) is 0 Å². The maximum Gasteiger partial charge on any atom is 0.225 e. The van der Waals surface area contributed by atoms with E-state index in [1.807, 2.05) is 0 Å². The Hall–Kier alpha value is 0.200. The van der Waals surface area contributed by atoms with Gasteiger partial charge in [0, 0.05) is 6.04 Å². The summed E-state index contributed by atoms with van der Waals surface area (Å²) in [5, 5.41) is -0.330. The maximum absolute atomic E-state index is 10.9. The molecule has 0 atom stereocenters. The summed E-state index contributed by atoms with van der Waals surface area (Å²) >= 11 is 5.22. The minimum atomic E-state index is -3.19. The third-order valence-corrected chi connectivity index (χ3v) is 3.69. The number of halogens is 1. The van der Waals surface area contributed by atoms with Gasteiger partial charge in [0.25, 0.3) is 0 Å². The highest BCUT2D eigenvalue weighted by atomic mass is 35.5. The molecule has 0 aromatic carbocycles. The van der Waals surface area contributed by atoms with Crippen molar-refractivity contribution < 1.29 is 8.42 Å². The van der Waals surface area contributed by atoms with Gasteiger partial charge in [-0.05, 0) is 12.8 Å². The zero-order valence-corrected chi connectivity index (χ0v) is 7.79. The fraction of sp³-hybridized carbons (Fsp3) is 1.00. The van der Waals surface area contributed by atoms with Crippen LogP contribution in [0.15, 0.2) is 0 Å². The molecule has 0 spiro atoms. The van der Waals surface area contributed by atoms with Crippen molar-refractivity contribution in [2.75, 3.05) is 5.21 Å². The second-order valence-electron chi connectivity index (χ2n) is 2.82. The molecule has 0 unspecified atom stereocenters. The summed E-state index contributed by atoms with van der Waals surface area (Å²) in [6.07, 6.45) is 4.15. The molecule has 1 aliphatic rings. The van der Waals surface area contributed by atoms with Gasteiger partial charge in [0.1, 0.15) is 5.21 Å². The Morgan fingerprint density at radius 3 is 2.36 bits per heavy atom. The largest absolute Gasteiger partial charge is 0.225 e. The first-order chi connectivity index (χ1) is 5.14. The van der Waals surface area contributed by atoms with Crippen LogP contribution in [0.3, 0.4) is 0 Å². The number of nitrogens with one attached hydrogen (secondary N) is 1. The van der Waals surface area contributed by atoms with Crippen LogP contribution in [0.25, 0.3) is 0 Å². The summed E-state index contributed by atoms with van der Waals surface area (Å²) in [7, 11) is -3.19. The molecule has 1 saturated carbocycles. The molecule has 1 aliphatic carbocycles. The predicted molar refractivity (Wildman–Crippen MR) is 45.0 cm³/mol. The molecule has 0 aliphatic heterocycles. The lowest BCUT2D eigenvalue weighted by atomic mass is 10.3. The van der Waals surface area contributed by atoms with Crippen molar-refractivity contribution in [1.29, 1.82) is 0 Å². The van der Waals surface area contributed by atoms with Crippen molar-refractivity contribution in [2.24, 2.45) is 0 Å². The molecule has 0 bridgehead atoms. The first-order valence-electron chi connectivity index (χ1n) is 3.70. The minimum Gasteiger partial charge on any atom is -0.211 e. The van der Waals surface area contributed by atoms with Crippen LogP contribution in [0, 0.1) is 0 Å². The number of sulfonamides is 1. The summed E-state index contributed by atoms with van der Waals surface area (Å²) in [4.78, 5) is 0. The monoisotopic (exact) mass is 197 g/mol. The van der Waals surface area contributed by atoms with Gasteiger partial charge in [0.2, 0.25) is 10.0 Å². The Balaban J connectivity index is 2.41. The Bertz CT molecular complexity index is 209. The second kappa shape index (κ2) is 3.74. The quantitative estimate of drug-likeness (QED) is 0.688. The molecule has 0 saturated heterocycles. The Labute approximate surface area is 72.2 Å². The van der Waals surface area contributed by atoms with E-state index in [9.17, 15) is 8.42 Å². The van der Waals surface area contributed by atoms with Gasteiger partial charge in [-0.25, -0.2) is 13.1 Å². The van der Waals surface area contributed by atoms with E-state index in [1.54, 1.807) is 0 Å². The highest BCUT2D eigenvalue weighted by Gasteiger charge is 2.19. The van der Waals surface area contributed by atoms with Crippen LogP contribution in [-0.4, -0.2) is 19.7 Å². The van der Waals surface area contributed by atoms with Crippen LogP contribution in [0.1, 0.15) is 25.7 Å². The summed E-state index contributed by atoms with van der Waals surface area (Å²) in [6, 6.07) is 0.138. The molecule has 66 valence electrons. The number of alkyl halides is 1. The van der Waals surface area contributed by atoms with Gasteiger partial charge < -0.3 is 0 Å².